The first-order chi connectivity index (χ1) is 9.58. The largest absolute Gasteiger partial charge is 0.501 e. The number of rotatable bonds is 5. The van der Waals surface area contributed by atoms with Crippen LogP contribution < -0.4 is 10.9 Å². The number of nitrogens with zero attached hydrogens (tertiary/aromatic N) is 1. The van der Waals surface area contributed by atoms with Crippen LogP contribution in [0.25, 0.3) is 0 Å². The fourth-order valence-corrected chi connectivity index (χ4v) is 2.15. The van der Waals surface area contributed by atoms with E-state index in [1.807, 2.05) is 30.3 Å². The summed E-state index contributed by atoms with van der Waals surface area (Å²) in [6, 6.07) is 12.4. The van der Waals surface area contributed by atoms with Crippen molar-refractivity contribution in [1.29, 1.82) is 0 Å². The molecule has 0 amide bonds. The Labute approximate surface area is 123 Å². The van der Waals surface area contributed by atoms with Crippen LogP contribution in [0.2, 0.25) is 0 Å². The van der Waals surface area contributed by atoms with Gasteiger partial charge in [-0.2, -0.15) is 0 Å². The topological polar surface area (TPSA) is 87.4 Å². The molecule has 20 heavy (non-hydrogen) atoms. The Bertz CT molecular complexity index is 620. The number of phenols is 1. The van der Waals surface area contributed by atoms with Crippen LogP contribution in [0.15, 0.2) is 46.9 Å². The van der Waals surface area contributed by atoms with E-state index in [0.717, 1.165) is 5.69 Å². The Balaban J connectivity index is 2.05. The van der Waals surface area contributed by atoms with Crippen molar-refractivity contribution in [2.24, 2.45) is 0 Å². The van der Waals surface area contributed by atoms with Crippen LogP contribution in [0, 0.1) is 10.1 Å². The normalized spacial score (nSPS) is 10.2. The predicted octanol–water partition coefficient (Wildman–Crippen LogP) is 3.18. The lowest BCUT2D eigenvalue weighted by Gasteiger charge is -2.09. The highest BCUT2D eigenvalue weighted by atomic mass is 79.9. The third kappa shape index (κ3) is 3.46. The Hall–Kier alpha value is -2.12. The van der Waals surface area contributed by atoms with Gasteiger partial charge in [0, 0.05) is 18.3 Å². The highest BCUT2D eigenvalue weighted by Crippen LogP contribution is 2.34. The average molecular weight is 338 g/mol. The third-order valence-electron chi connectivity index (χ3n) is 2.60. The van der Waals surface area contributed by atoms with E-state index in [9.17, 15) is 15.2 Å². The minimum atomic E-state index is -0.617. The van der Waals surface area contributed by atoms with E-state index in [0.29, 0.717) is 16.6 Å². The molecule has 2 rings (SSSR count). The lowest BCUT2D eigenvalue weighted by molar-refractivity contribution is -0.386. The van der Waals surface area contributed by atoms with Gasteiger partial charge >= 0.3 is 5.69 Å². The van der Waals surface area contributed by atoms with Crippen molar-refractivity contribution < 1.29 is 10.0 Å². The summed E-state index contributed by atoms with van der Waals surface area (Å²) in [5.74, 6) is -0.366. The summed E-state index contributed by atoms with van der Waals surface area (Å²) >= 11 is 3.10. The number of hydrogen-bond acceptors (Lipinski definition) is 5. The fourth-order valence-electron chi connectivity index (χ4n) is 1.65. The number of nitrogens with one attached hydrogen (secondary N) is 2. The summed E-state index contributed by atoms with van der Waals surface area (Å²) in [5, 5.41) is 20.4. The van der Waals surface area contributed by atoms with E-state index in [2.05, 4.69) is 26.8 Å². The molecule has 6 nitrogen and oxygen atoms in total. The molecule has 0 spiro atoms. The van der Waals surface area contributed by atoms with Crippen molar-refractivity contribution in [1.82, 2.24) is 5.43 Å². The minimum Gasteiger partial charge on any atom is -0.501 e. The fraction of sp³-hybridized carbons (Fsp3) is 0.0769. The molecule has 0 aliphatic heterocycles. The average Bonchev–Trinajstić information content (AvgIpc) is 2.43. The maximum atomic E-state index is 10.8. The molecule has 0 radical (unpaired) electrons. The van der Waals surface area contributed by atoms with E-state index < -0.39 is 4.92 Å². The van der Waals surface area contributed by atoms with Crippen molar-refractivity contribution in [2.45, 2.75) is 6.54 Å². The Kier molecular flexibility index (Phi) is 4.54. The zero-order valence-electron chi connectivity index (χ0n) is 10.3. The van der Waals surface area contributed by atoms with E-state index in [4.69, 9.17) is 0 Å². The smallest absolute Gasteiger partial charge is 0.312 e. The van der Waals surface area contributed by atoms with Crippen LogP contribution in [-0.4, -0.2) is 10.0 Å². The molecule has 0 fully saturated rings. The van der Waals surface area contributed by atoms with Gasteiger partial charge in [-0.1, -0.05) is 18.2 Å². The molecule has 0 saturated carbocycles. The van der Waals surface area contributed by atoms with Crippen molar-refractivity contribution >= 4 is 27.3 Å². The number of para-hydroxylation sites is 1. The molecule has 0 aromatic heterocycles. The molecule has 0 aliphatic carbocycles. The molecule has 0 heterocycles. The Morgan fingerprint density at radius 3 is 2.60 bits per heavy atom. The highest BCUT2D eigenvalue weighted by molar-refractivity contribution is 9.10. The zero-order valence-corrected chi connectivity index (χ0v) is 11.9. The van der Waals surface area contributed by atoms with E-state index >= 15 is 0 Å². The van der Waals surface area contributed by atoms with Gasteiger partial charge in [-0.15, -0.1) is 0 Å². The first-order valence-corrected chi connectivity index (χ1v) is 6.57. The number of benzene rings is 2. The number of phenolic OH excluding ortho intramolecular Hbond substituents is 1. The summed E-state index contributed by atoms with van der Waals surface area (Å²) in [6.07, 6.45) is 0. The van der Waals surface area contributed by atoms with Gasteiger partial charge in [-0.05, 0) is 39.7 Å². The zero-order chi connectivity index (χ0) is 14.5. The van der Waals surface area contributed by atoms with Crippen molar-refractivity contribution in [3.8, 4) is 5.75 Å². The van der Waals surface area contributed by atoms with Crippen LogP contribution in [0.5, 0.6) is 5.75 Å². The van der Waals surface area contributed by atoms with Crippen molar-refractivity contribution in [2.75, 3.05) is 5.43 Å². The first-order valence-electron chi connectivity index (χ1n) is 5.77. The number of aromatic hydroxyl groups is 1. The summed E-state index contributed by atoms with van der Waals surface area (Å²) in [7, 11) is 0. The summed E-state index contributed by atoms with van der Waals surface area (Å²) in [5.41, 5.74) is 7.17. The predicted molar refractivity (Wildman–Crippen MR) is 79.4 cm³/mol. The molecule has 0 saturated heterocycles. The standard InChI is InChI=1S/C13H12BrN3O3/c14-11-6-9(7-12(13(11)18)17(19)20)8-15-16-10-4-2-1-3-5-10/h1-7,15-16,18H,8H2. The molecule has 0 bridgehead atoms. The number of hydrazine groups is 1. The van der Waals surface area contributed by atoms with Gasteiger partial charge in [0.25, 0.3) is 0 Å². The molecule has 3 N–H and O–H groups in total. The number of anilines is 1. The molecule has 7 heteroatoms. The monoisotopic (exact) mass is 337 g/mol. The SMILES string of the molecule is O=[N+]([O-])c1cc(CNNc2ccccc2)cc(Br)c1O. The second-order valence-corrected chi connectivity index (χ2v) is 4.90. The van der Waals surface area contributed by atoms with Gasteiger partial charge in [-0.25, -0.2) is 5.43 Å². The molecule has 2 aromatic rings. The summed E-state index contributed by atoms with van der Waals surface area (Å²) < 4.78 is 0.295. The molecular formula is C13H12BrN3O3. The second-order valence-electron chi connectivity index (χ2n) is 4.05. The maximum Gasteiger partial charge on any atom is 0.312 e. The molecule has 104 valence electrons. The molecular weight excluding hydrogens is 326 g/mol. The van der Waals surface area contributed by atoms with Crippen LogP contribution in [0.4, 0.5) is 11.4 Å². The van der Waals surface area contributed by atoms with Crippen molar-refractivity contribution in [3.63, 3.8) is 0 Å². The minimum absolute atomic E-state index is 0.295. The van der Waals surface area contributed by atoms with Crippen molar-refractivity contribution in [3.05, 3.63) is 62.6 Å². The van der Waals surface area contributed by atoms with Gasteiger partial charge < -0.3 is 10.5 Å². The highest BCUT2D eigenvalue weighted by Gasteiger charge is 2.17. The molecule has 0 unspecified atom stereocenters. The van der Waals surface area contributed by atoms with Gasteiger partial charge in [0.05, 0.1) is 9.40 Å². The summed E-state index contributed by atoms with van der Waals surface area (Å²) in [4.78, 5) is 10.2. The van der Waals surface area contributed by atoms with Crippen LogP contribution in [0.1, 0.15) is 5.56 Å². The summed E-state index contributed by atoms with van der Waals surface area (Å²) in [6.45, 7) is 0.370. The van der Waals surface area contributed by atoms with E-state index in [1.165, 1.54) is 6.07 Å². The van der Waals surface area contributed by atoms with Crippen LogP contribution >= 0.6 is 15.9 Å². The molecule has 0 aliphatic rings. The van der Waals surface area contributed by atoms with Gasteiger partial charge in [0.1, 0.15) is 0 Å². The number of halogens is 1. The first kappa shape index (κ1) is 14.3. The van der Waals surface area contributed by atoms with Gasteiger partial charge in [0.15, 0.2) is 0 Å². The Morgan fingerprint density at radius 1 is 1.25 bits per heavy atom. The molecule has 0 atom stereocenters. The van der Waals surface area contributed by atoms with E-state index in [1.54, 1.807) is 6.07 Å². The number of hydrogen-bond donors (Lipinski definition) is 3. The second kappa shape index (κ2) is 6.36. The number of nitro groups is 1. The van der Waals surface area contributed by atoms with Crippen LogP contribution in [0.3, 0.4) is 0 Å². The quantitative estimate of drug-likeness (QED) is 0.576. The van der Waals surface area contributed by atoms with Crippen LogP contribution in [-0.2, 0) is 6.54 Å². The molecule has 2 aromatic carbocycles. The third-order valence-corrected chi connectivity index (χ3v) is 3.20. The van der Waals surface area contributed by atoms with Gasteiger partial charge in [0.2, 0.25) is 5.75 Å². The maximum absolute atomic E-state index is 10.8. The lowest BCUT2D eigenvalue weighted by atomic mass is 10.2. The Morgan fingerprint density at radius 2 is 1.95 bits per heavy atom. The van der Waals surface area contributed by atoms with E-state index in [-0.39, 0.29) is 11.4 Å². The number of nitro benzene ring substituents is 1. The lowest BCUT2D eigenvalue weighted by Crippen LogP contribution is -2.20. The van der Waals surface area contributed by atoms with Gasteiger partial charge in [-0.3, -0.25) is 10.1 Å².